The van der Waals surface area contributed by atoms with Gasteiger partial charge in [0.15, 0.2) is 0 Å². The lowest BCUT2D eigenvalue weighted by molar-refractivity contribution is 0.0666. The van der Waals surface area contributed by atoms with E-state index in [4.69, 9.17) is 4.74 Å². The molecular weight excluding hydrogens is 320 g/mol. The molecule has 0 aliphatic carbocycles. The van der Waals surface area contributed by atoms with Crippen LogP contribution in [0.25, 0.3) is 0 Å². The number of likely N-dealkylation sites (tertiary alicyclic amines) is 1. The summed E-state index contributed by atoms with van der Waals surface area (Å²) in [7, 11) is 1.82. The van der Waals surface area contributed by atoms with Crippen molar-refractivity contribution in [3.63, 3.8) is 0 Å². The molecule has 25 heavy (non-hydrogen) atoms. The van der Waals surface area contributed by atoms with Crippen molar-refractivity contribution in [2.24, 2.45) is 0 Å². The Bertz CT molecular complexity index is 674. The highest BCUT2D eigenvalue weighted by Crippen LogP contribution is 2.26. The molecule has 1 aromatic rings. The Morgan fingerprint density at radius 2 is 1.96 bits per heavy atom. The topological polar surface area (TPSA) is 65.1 Å². The van der Waals surface area contributed by atoms with Gasteiger partial charge in [-0.2, -0.15) is 0 Å². The number of hydrogen-bond donors (Lipinski definition) is 1. The lowest BCUT2D eigenvalue weighted by Crippen LogP contribution is -2.52. The maximum absolute atomic E-state index is 13.2. The zero-order chi connectivity index (χ0) is 17.4. The van der Waals surface area contributed by atoms with Crippen molar-refractivity contribution in [1.29, 1.82) is 0 Å². The lowest BCUT2D eigenvalue weighted by atomic mass is 9.99. The van der Waals surface area contributed by atoms with Gasteiger partial charge in [-0.3, -0.25) is 4.79 Å². The van der Waals surface area contributed by atoms with Gasteiger partial charge in [0, 0.05) is 38.9 Å². The third-order valence-electron chi connectivity index (χ3n) is 5.48. The fourth-order valence-corrected chi connectivity index (χ4v) is 4.05. The van der Waals surface area contributed by atoms with Crippen LogP contribution in [0.1, 0.15) is 16.8 Å². The van der Waals surface area contributed by atoms with Gasteiger partial charge >= 0.3 is 6.03 Å². The number of fused-ring (bicyclic) bond motifs is 1. The summed E-state index contributed by atoms with van der Waals surface area (Å²) in [5.41, 5.74) is 1.71. The van der Waals surface area contributed by atoms with Gasteiger partial charge in [-0.1, -0.05) is 12.1 Å². The van der Waals surface area contributed by atoms with Crippen molar-refractivity contribution < 1.29 is 14.3 Å². The number of carbonyl (C=O) groups excluding carboxylic acids is 2. The minimum atomic E-state index is -0.0435. The van der Waals surface area contributed by atoms with E-state index in [9.17, 15) is 9.59 Å². The molecule has 1 N–H and O–H groups in total. The molecule has 0 saturated carbocycles. The van der Waals surface area contributed by atoms with E-state index in [-0.39, 0.29) is 24.0 Å². The summed E-state index contributed by atoms with van der Waals surface area (Å²) in [6, 6.07) is 7.96. The summed E-state index contributed by atoms with van der Waals surface area (Å²) in [5, 5.41) is 2.99. The van der Waals surface area contributed by atoms with Gasteiger partial charge < -0.3 is 24.8 Å². The molecule has 3 heterocycles. The number of piperidine rings is 1. The predicted molar refractivity (Wildman–Crippen MR) is 93.9 cm³/mol. The number of rotatable bonds is 2. The van der Waals surface area contributed by atoms with Crippen LogP contribution in [-0.4, -0.2) is 80.3 Å². The largest absolute Gasteiger partial charge is 0.378 e. The third-order valence-corrected chi connectivity index (χ3v) is 5.48. The molecule has 0 bridgehead atoms. The van der Waals surface area contributed by atoms with E-state index in [1.54, 1.807) is 4.90 Å². The number of nitrogens with one attached hydrogen (secondary N) is 1. The van der Waals surface area contributed by atoms with Crippen LogP contribution in [0, 0.1) is 0 Å². The Balaban J connectivity index is 1.53. The summed E-state index contributed by atoms with van der Waals surface area (Å²) in [6.45, 7) is 4.22. The second kappa shape index (κ2) is 6.55. The number of anilines is 1. The summed E-state index contributed by atoms with van der Waals surface area (Å²) < 4.78 is 5.42. The molecule has 3 aliphatic heterocycles. The van der Waals surface area contributed by atoms with Gasteiger partial charge in [-0.15, -0.1) is 0 Å². The second-order valence-electron chi connectivity index (χ2n) is 6.89. The fraction of sp³-hybridized carbons (Fsp3) is 0.556. The zero-order valence-electron chi connectivity index (χ0n) is 14.5. The van der Waals surface area contributed by atoms with Crippen LogP contribution < -0.4 is 10.2 Å². The molecule has 1 aromatic carbocycles. The van der Waals surface area contributed by atoms with Crippen LogP contribution in [0.2, 0.25) is 0 Å². The van der Waals surface area contributed by atoms with Gasteiger partial charge in [-0.25, -0.2) is 4.79 Å². The Labute approximate surface area is 147 Å². The lowest BCUT2D eigenvalue weighted by Gasteiger charge is -2.37. The molecule has 0 aromatic heterocycles. The van der Waals surface area contributed by atoms with Crippen molar-refractivity contribution in [3.8, 4) is 0 Å². The molecule has 7 nitrogen and oxygen atoms in total. The molecule has 0 radical (unpaired) electrons. The average Bonchev–Trinajstić information content (AvgIpc) is 2.95. The first-order chi connectivity index (χ1) is 12.1. The molecule has 2 atom stereocenters. The van der Waals surface area contributed by atoms with E-state index >= 15 is 0 Å². The summed E-state index contributed by atoms with van der Waals surface area (Å²) in [5.74, 6) is 0.0457. The van der Waals surface area contributed by atoms with Gasteiger partial charge in [0.2, 0.25) is 0 Å². The van der Waals surface area contributed by atoms with Crippen LogP contribution in [0.15, 0.2) is 24.3 Å². The molecule has 134 valence electrons. The second-order valence-corrected chi connectivity index (χ2v) is 6.89. The number of ether oxygens (including phenoxy) is 1. The summed E-state index contributed by atoms with van der Waals surface area (Å²) >= 11 is 0. The number of morpholine rings is 1. The number of benzene rings is 1. The minimum absolute atomic E-state index is 0.0192. The number of nitrogens with zero attached hydrogens (tertiary/aromatic N) is 3. The Kier molecular flexibility index (Phi) is 4.25. The normalized spacial score (nSPS) is 26.4. The van der Waals surface area contributed by atoms with Gasteiger partial charge in [0.1, 0.15) is 0 Å². The Morgan fingerprint density at radius 1 is 1.20 bits per heavy atom. The minimum Gasteiger partial charge on any atom is -0.378 e. The quantitative estimate of drug-likeness (QED) is 0.860. The van der Waals surface area contributed by atoms with Gasteiger partial charge in [-0.05, 0) is 18.6 Å². The first-order valence-electron chi connectivity index (χ1n) is 8.89. The number of carbonyl (C=O) groups is 2. The predicted octanol–water partition coefficient (Wildman–Crippen LogP) is 0.761. The maximum atomic E-state index is 13.2. The van der Waals surface area contributed by atoms with Crippen LogP contribution in [0.3, 0.4) is 0 Å². The first kappa shape index (κ1) is 16.2. The van der Waals surface area contributed by atoms with Crippen molar-refractivity contribution in [1.82, 2.24) is 15.1 Å². The molecule has 7 heteroatoms. The number of para-hydroxylation sites is 1. The standard InChI is InChI=1S/C18H24N4O3/c1-20-16-6-7-22(12-14(16)19-18(20)24)17(23)13-4-2-3-5-15(13)21-8-10-25-11-9-21/h2-5,14,16H,6-12H2,1H3,(H,19,24)/t14-,16+/m1/s1. The number of likely N-dealkylation sites (N-methyl/N-ethyl adjacent to an activating group) is 1. The van der Waals surface area contributed by atoms with E-state index in [0.29, 0.717) is 26.3 Å². The van der Waals surface area contributed by atoms with E-state index in [2.05, 4.69) is 10.2 Å². The average molecular weight is 344 g/mol. The number of hydrogen-bond acceptors (Lipinski definition) is 4. The van der Waals surface area contributed by atoms with E-state index in [0.717, 1.165) is 30.8 Å². The van der Waals surface area contributed by atoms with Gasteiger partial charge in [0.05, 0.1) is 30.9 Å². The summed E-state index contributed by atoms with van der Waals surface area (Å²) in [4.78, 5) is 30.8. The van der Waals surface area contributed by atoms with Gasteiger partial charge in [0.25, 0.3) is 5.91 Å². The molecule has 3 fully saturated rings. The fourth-order valence-electron chi connectivity index (χ4n) is 4.05. The number of urea groups is 1. The van der Waals surface area contributed by atoms with E-state index < -0.39 is 0 Å². The Hall–Kier alpha value is -2.28. The first-order valence-corrected chi connectivity index (χ1v) is 8.89. The van der Waals surface area contributed by atoms with Crippen molar-refractivity contribution >= 4 is 17.6 Å². The Morgan fingerprint density at radius 3 is 2.76 bits per heavy atom. The molecule has 3 amide bonds. The molecule has 4 rings (SSSR count). The molecule has 0 spiro atoms. The SMILES string of the molecule is CN1C(=O)N[C@@H]2CN(C(=O)c3ccccc3N3CCOCC3)CC[C@@H]21. The van der Waals surface area contributed by atoms with Crippen LogP contribution in [0.5, 0.6) is 0 Å². The van der Waals surface area contributed by atoms with Crippen LogP contribution in [-0.2, 0) is 4.74 Å². The highest BCUT2D eigenvalue weighted by atomic mass is 16.5. The molecular formula is C18H24N4O3. The van der Waals surface area contributed by atoms with E-state index in [1.165, 1.54) is 0 Å². The summed E-state index contributed by atoms with van der Waals surface area (Å²) in [6.07, 6.45) is 0.811. The third kappa shape index (κ3) is 2.93. The monoisotopic (exact) mass is 344 g/mol. The van der Waals surface area contributed by atoms with Crippen LogP contribution in [0.4, 0.5) is 10.5 Å². The highest BCUT2D eigenvalue weighted by molar-refractivity contribution is 6.00. The highest BCUT2D eigenvalue weighted by Gasteiger charge is 2.42. The van der Waals surface area contributed by atoms with Crippen LogP contribution >= 0.6 is 0 Å². The molecule has 3 aliphatic rings. The molecule has 3 saturated heterocycles. The zero-order valence-corrected chi connectivity index (χ0v) is 14.5. The smallest absolute Gasteiger partial charge is 0.317 e. The molecule has 0 unspecified atom stereocenters. The van der Waals surface area contributed by atoms with E-state index in [1.807, 2.05) is 36.2 Å². The van der Waals surface area contributed by atoms with Crippen molar-refractivity contribution in [3.05, 3.63) is 29.8 Å². The maximum Gasteiger partial charge on any atom is 0.317 e. The van der Waals surface area contributed by atoms with Crippen molar-refractivity contribution in [2.45, 2.75) is 18.5 Å². The van der Waals surface area contributed by atoms with Crippen molar-refractivity contribution in [2.75, 3.05) is 51.3 Å². The number of amides is 3.